The summed E-state index contributed by atoms with van der Waals surface area (Å²) in [6.45, 7) is 2.76. The average molecular weight is 372 g/mol. The molecule has 1 aromatic carbocycles. The van der Waals surface area contributed by atoms with E-state index in [0.29, 0.717) is 30.3 Å². The highest BCUT2D eigenvalue weighted by atomic mass is 32.2. The van der Waals surface area contributed by atoms with Crippen LogP contribution in [0.4, 0.5) is 0 Å². The van der Waals surface area contributed by atoms with Crippen LogP contribution in [-0.4, -0.2) is 36.9 Å². The zero-order chi connectivity index (χ0) is 18.1. The quantitative estimate of drug-likeness (QED) is 0.827. The van der Waals surface area contributed by atoms with Gasteiger partial charge in [-0.15, -0.1) is 0 Å². The minimum atomic E-state index is -3.47. The Bertz CT molecular complexity index is 911. The number of benzene rings is 1. The Morgan fingerprint density at radius 2 is 1.92 bits per heavy atom. The lowest BCUT2D eigenvalue weighted by Crippen LogP contribution is -2.31. The van der Waals surface area contributed by atoms with Gasteiger partial charge >= 0.3 is 0 Å². The van der Waals surface area contributed by atoms with Crippen LogP contribution in [0.25, 0.3) is 0 Å². The third-order valence-corrected chi connectivity index (χ3v) is 7.08. The first-order chi connectivity index (χ1) is 12.5. The molecule has 2 aromatic rings. The summed E-state index contributed by atoms with van der Waals surface area (Å²) in [6, 6.07) is 11.2. The molecule has 0 saturated carbocycles. The van der Waals surface area contributed by atoms with E-state index in [1.165, 1.54) is 21.9 Å². The second-order valence-corrected chi connectivity index (χ2v) is 9.08. The summed E-state index contributed by atoms with van der Waals surface area (Å²) in [4.78, 5) is 4.75. The number of aryl methyl sites for hydroxylation is 3. The average Bonchev–Trinajstić information content (AvgIpc) is 3.10. The van der Waals surface area contributed by atoms with Gasteiger partial charge in [0.1, 0.15) is 6.10 Å². The monoisotopic (exact) mass is 372 g/mol. The van der Waals surface area contributed by atoms with E-state index in [1.54, 1.807) is 6.07 Å². The van der Waals surface area contributed by atoms with Gasteiger partial charge in [-0.1, -0.05) is 12.1 Å². The third-order valence-electron chi connectivity index (χ3n) is 5.22. The molecule has 0 amide bonds. The van der Waals surface area contributed by atoms with Gasteiger partial charge in [0.05, 0.1) is 11.4 Å². The summed E-state index contributed by atoms with van der Waals surface area (Å²) in [5, 5.41) is 0. The minimum absolute atomic E-state index is 0.156. The van der Waals surface area contributed by atoms with Crippen LogP contribution >= 0.6 is 0 Å². The molecular weight excluding hydrogens is 348 g/mol. The van der Waals surface area contributed by atoms with Gasteiger partial charge in [0, 0.05) is 18.3 Å². The van der Waals surface area contributed by atoms with Gasteiger partial charge in [0.15, 0.2) is 0 Å². The number of nitrogens with zero attached hydrogens (tertiary/aromatic N) is 2. The number of fused-ring (bicyclic) bond motifs is 1. The topological polar surface area (TPSA) is 59.5 Å². The summed E-state index contributed by atoms with van der Waals surface area (Å²) in [5.41, 5.74) is 3.37. The molecule has 2 heterocycles. The van der Waals surface area contributed by atoms with Crippen LogP contribution in [0.3, 0.4) is 0 Å². The van der Waals surface area contributed by atoms with E-state index in [2.05, 4.69) is 4.98 Å². The van der Waals surface area contributed by atoms with Crippen LogP contribution < -0.4 is 4.74 Å². The SMILES string of the molecule is Cc1cccc(OC2CCN(S(=O)(=O)c3ccc4c(c3)CCCC4)C2)n1. The predicted octanol–water partition coefficient (Wildman–Crippen LogP) is 3.11. The van der Waals surface area contributed by atoms with Crippen molar-refractivity contribution >= 4 is 10.0 Å². The molecule has 0 spiro atoms. The number of hydrogen-bond donors (Lipinski definition) is 0. The lowest BCUT2D eigenvalue weighted by Gasteiger charge is -2.20. The van der Waals surface area contributed by atoms with Crippen molar-refractivity contribution in [3.05, 3.63) is 53.2 Å². The Morgan fingerprint density at radius 1 is 1.12 bits per heavy atom. The highest BCUT2D eigenvalue weighted by Crippen LogP contribution is 2.28. The van der Waals surface area contributed by atoms with Gasteiger partial charge < -0.3 is 4.74 Å². The standard InChI is InChI=1S/C20H24N2O3S/c1-15-5-4-8-20(21-15)25-18-11-12-22(14-18)26(23,24)19-10-9-16-6-2-3-7-17(16)13-19/h4-5,8-10,13,18H,2-3,6-7,11-12,14H2,1H3. The first kappa shape index (κ1) is 17.5. The first-order valence-corrected chi connectivity index (χ1v) is 10.7. The van der Waals surface area contributed by atoms with Crippen molar-refractivity contribution < 1.29 is 13.2 Å². The summed E-state index contributed by atoms with van der Waals surface area (Å²) < 4.78 is 33.5. The number of pyridine rings is 1. The molecular formula is C20H24N2O3S. The zero-order valence-electron chi connectivity index (χ0n) is 15.0. The Kier molecular flexibility index (Phi) is 4.71. The molecule has 4 rings (SSSR count). The molecule has 138 valence electrons. The van der Waals surface area contributed by atoms with Crippen molar-refractivity contribution in [3.8, 4) is 5.88 Å². The molecule has 0 radical (unpaired) electrons. The smallest absolute Gasteiger partial charge is 0.243 e. The highest BCUT2D eigenvalue weighted by molar-refractivity contribution is 7.89. The maximum Gasteiger partial charge on any atom is 0.243 e. The molecule has 6 heteroatoms. The number of ether oxygens (including phenoxy) is 1. The van der Waals surface area contributed by atoms with Crippen LogP contribution in [0, 0.1) is 6.92 Å². The molecule has 2 aliphatic rings. The van der Waals surface area contributed by atoms with Crippen molar-refractivity contribution in [2.45, 2.75) is 50.0 Å². The molecule has 26 heavy (non-hydrogen) atoms. The Balaban J connectivity index is 1.49. The fourth-order valence-corrected chi connectivity index (χ4v) is 5.32. The summed E-state index contributed by atoms with van der Waals surface area (Å²) in [6.07, 6.45) is 4.88. The Labute approximate surface area is 155 Å². The van der Waals surface area contributed by atoms with E-state index in [-0.39, 0.29) is 6.10 Å². The van der Waals surface area contributed by atoms with E-state index < -0.39 is 10.0 Å². The Hall–Kier alpha value is -1.92. The fraction of sp³-hybridized carbons (Fsp3) is 0.450. The normalized spacial score (nSPS) is 20.7. The lowest BCUT2D eigenvalue weighted by atomic mass is 9.92. The molecule has 1 unspecified atom stereocenters. The predicted molar refractivity (Wildman–Crippen MR) is 99.8 cm³/mol. The molecule has 1 saturated heterocycles. The minimum Gasteiger partial charge on any atom is -0.473 e. The molecule has 1 fully saturated rings. The van der Waals surface area contributed by atoms with Crippen LogP contribution in [0.2, 0.25) is 0 Å². The number of hydrogen-bond acceptors (Lipinski definition) is 4. The van der Waals surface area contributed by atoms with Crippen molar-refractivity contribution in [1.82, 2.24) is 9.29 Å². The van der Waals surface area contributed by atoms with Crippen molar-refractivity contribution in [2.75, 3.05) is 13.1 Å². The van der Waals surface area contributed by atoms with Crippen LogP contribution in [0.1, 0.15) is 36.1 Å². The second kappa shape index (κ2) is 7.00. The molecule has 1 aromatic heterocycles. The number of sulfonamides is 1. The zero-order valence-corrected chi connectivity index (χ0v) is 15.8. The molecule has 0 N–H and O–H groups in total. The van der Waals surface area contributed by atoms with Crippen molar-refractivity contribution in [1.29, 1.82) is 0 Å². The summed E-state index contributed by atoms with van der Waals surface area (Å²) in [7, 11) is -3.47. The van der Waals surface area contributed by atoms with Gasteiger partial charge in [0.2, 0.25) is 15.9 Å². The Morgan fingerprint density at radius 3 is 2.73 bits per heavy atom. The highest BCUT2D eigenvalue weighted by Gasteiger charge is 2.34. The largest absolute Gasteiger partial charge is 0.473 e. The number of aromatic nitrogens is 1. The first-order valence-electron chi connectivity index (χ1n) is 9.25. The van der Waals surface area contributed by atoms with Crippen LogP contribution in [-0.2, 0) is 22.9 Å². The maximum absolute atomic E-state index is 13.0. The van der Waals surface area contributed by atoms with Crippen LogP contribution in [0.15, 0.2) is 41.3 Å². The van der Waals surface area contributed by atoms with E-state index in [9.17, 15) is 8.42 Å². The van der Waals surface area contributed by atoms with Gasteiger partial charge in [0.25, 0.3) is 0 Å². The van der Waals surface area contributed by atoms with E-state index in [1.807, 2.05) is 37.3 Å². The molecule has 0 bridgehead atoms. The van der Waals surface area contributed by atoms with Crippen molar-refractivity contribution in [3.63, 3.8) is 0 Å². The second-order valence-electron chi connectivity index (χ2n) is 7.15. The van der Waals surface area contributed by atoms with Gasteiger partial charge in [-0.2, -0.15) is 4.31 Å². The molecule has 1 aliphatic carbocycles. The third kappa shape index (κ3) is 3.48. The van der Waals surface area contributed by atoms with Crippen molar-refractivity contribution in [2.24, 2.45) is 0 Å². The molecule has 5 nitrogen and oxygen atoms in total. The van der Waals surface area contributed by atoms with Gasteiger partial charge in [-0.05, 0) is 68.4 Å². The lowest BCUT2D eigenvalue weighted by molar-refractivity contribution is 0.206. The van der Waals surface area contributed by atoms with Gasteiger partial charge in [-0.3, -0.25) is 0 Å². The summed E-state index contributed by atoms with van der Waals surface area (Å²) in [5.74, 6) is 0.558. The van der Waals surface area contributed by atoms with Gasteiger partial charge in [-0.25, -0.2) is 13.4 Å². The number of rotatable bonds is 4. The maximum atomic E-state index is 13.0. The summed E-state index contributed by atoms with van der Waals surface area (Å²) >= 11 is 0. The molecule has 1 atom stereocenters. The van der Waals surface area contributed by atoms with E-state index in [0.717, 1.165) is 25.0 Å². The van der Waals surface area contributed by atoms with Crippen LogP contribution in [0.5, 0.6) is 5.88 Å². The van der Waals surface area contributed by atoms with E-state index >= 15 is 0 Å². The fourth-order valence-electron chi connectivity index (χ4n) is 3.79. The van der Waals surface area contributed by atoms with E-state index in [4.69, 9.17) is 4.74 Å². The molecule has 1 aliphatic heterocycles.